The van der Waals surface area contributed by atoms with Crippen molar-refractivity contribution in [1.29, 1.82) is 5.26 Å². The minimum atomic E-state index is -0.864. The van der Waals surface area contributed by atoms with Crippen LogP contribution < -0.4 is 10.2 Å². The number of aromatic nitrogens is 1. The number of benzene rings is 1. The zero-order valence-electron chi connectivity index (χ0n) is 21.0. The number of nitrogens with one attached hydrogen (secondary N) is 1. The first-order valence-corrected chi connectivity index (χ1v) is 13.3. The molecule has 0 radical (unpaired) electrons. The summed E-state index contributed by atoms with van der Waals surface area (Å²) in [5, 5.41) is 13.0. The lowest BCUT2D eigenvalue weighted by atomic mass is 9.94. The van der Waals surface area contributed by atoms with Crippen LogP contribution in [0.3, 0.4) is 0 Å². The molecule has 0 bridgehead atoms. The van der Waals surface area contributed by atoms with Gasteiger partial charge in [0.1, 0.15) is 12.1 Å². The van der Waals surface area contributed by atoms with Gasteiger partial charge in [0.2, 0.25) is 5.91 Å². The van der Waals surface area contributed by atoms with E-state index in [1.165, 1.54) is 24.8 Å². The smallest absolute Gasteiger partial charge is 0.251 e. The number of hydrogen-bond donors (Lipinski definition) is 1. The van der Waals surface area contributed by atoms with Gasteiger partial charge in [0.25, 0.3) is 5.91 Å². The van der Waals surface area contributed by atoms with Gasteiger partial charge in [0, 0.05) is 36.2 Å². The number of nitrogens with zero attached hydrogens (tertiary/aromatic N) is 4. The Balaban J connectivity index is 1.54. The summed E-state index contributed by atoms with van der Waals surface area (Å²) >= 11 is 0. The topological polar surface area (TPSA) is 89.3 Å². The van der Waals surface area contributed by atoms with Crippen LogP contribution in [-0.4, -0.2) is 40.3 Å². The quantitative estimate of drug-likeness (QED) is 0.576. The number of amides is 2. The standard InChI is InChI=1S/C29H35N5O2/c1-20-16-26(33(18-20)19-30)29(36)34(25-13-11-22(12-14-25)21-9-10-21)27(23-6-5-15-31-17-23)28(35)32-24-7-3-2-4-8-24/h5-6,11-15,17,20-21,24,26-27H,2-4,7-10,16,18H2,1H3,(H,32,35)/t20-,26-,27-/m1/s1. The van der Waals surface area contributed by atoms with Crippen LogP contribution in [0.25, 0.3) is 0 Å². The van der Waals surface area contributed by atoms with E-state index in [4.69, 9.17) is 0 Å². The Bertz CT molecular complexity index is 1100. The number of rotatable bonds is 7. The lowest BCUT2D eigenvalue weighted by Gasteiger charge is -2.35. The largest absolute Gasteiger partial charge is 0.351 e. The molecule has 2 heterocycles. The van der Waals surface area contributed by atoms with Gasteiger partial charge in [-0.05, 0) is 67.7 Å². The molecule has 1 aliphatic heterocycles. The third kappa shape index (κ3) is 5.23. The van der Waals surface area contributed by atoms with Crippen molar-refractivity contribution >= 4 is 17.5 Å². The molecule has 1 aromatic heterocycles. The molecule has 1 saturated heterocycles. The molecule has 36 heavy (non-hydrogen) atoms. The maximum Gasteiger partial charge on any atom is 0.251 e. The van der Waals surface area contributed by atoms with Gasteiger partial charge in [-0.15, -0.1) is 0 Å². The number of likely N-dealkylation sites (tertiary alicyclic amines) is 1. The summed E-state index contributed by atoms with van der Waals surface area (Å²) in [6.07, 6.45) is 13.8. The van der Waals surface area contributed by atoms with Crippen molar-refractivity contribution in [2.45, 2.75) is 82.3 Å². The monoisotopic (exact) mass is 485 g/mol. The molecule has 5 rings (SSSR count). The third-order valence-electron chi connectivity index (χ3n) is 7.84. The first kappa shape index (κ1) is 24.3. The fourth-order valence-electron chi connectivity index (χ4n) is 5.76. The van der Waals surface area contributed by atoms with E-state index in [1.54, 1.807) is 28.3 Å². The van der Waals surface area contributed by atoms with Crippen LogP contribution in [0.4, 0.5) is 5.69 Å². The predicted molar refractivity (Wildman–Crippen MR) is 138 cm³/mol. The lowest BCUT2D eigenvalue weighted by molar-refractivity contribution is -0.128. The van der Waals surface area contributed by atoms with Crippen molar-refractivity contribution in [3.8, 4) is 6.19 Å². The highest BCUT2D eigenvalue weighted by Crippen LogP contribution is 2.41. The Labute approximate surface area is 213 Å². The molecule has 188 valence electrons. The van der Waals surface area contributed by atoms with Gasteiger partial charge < -0.3 is 5.32 Å². The van der Waals surface area contributed by atoms with Crippen molar-refractivity contribution in [2.75, 3.05) is 11.4 Å². The zero-order chi connectivity index (χ0) is 25.1. The number of pyridine rings is 1. The Hall–Kier alpha value is -3.40. The maximum absolute atomic E-state index is 14.2. The van der Waals surface area contributed by atoms with Crippen molar-refractivity contribution in [3.63, 3.8) is 0 Å². The number of nitriles is 1. The van der Waals surface area contributed by atoms with Gasteiger partial charge in [-0.3, -0.25) is 24.4 Å². The normalized spacial score (nSPS) is 23.1. The van der Waals surface area contributed by atoms with E-state index in [0.717, 1.165) is 25.7 Å². The van der Waals surface area contributed by atoms with Crippen LogP contribution in [-0.2, 0) is 9.59 Å². The second kappa shape index (κ2) is 10.7. The molecule has 3 aliphatic rings. The fraction of sp³-hybridized carbons (Fsp3) is 0.517. The summed E-state index contributed by atoms with van der Waals surface area (Å²) in [4.78, 5) is 35.6. The predicted octanol–water partition coefficient (Wildman–Crippen LogP) is 4.67. The zero-order valence-corrected chi connectivity index (χ0v) is 21.0. The Kier molecular flexibility index (Phi) is 7.22. The number of carbonyl (C=O) groups excluding carboxylic acids is 2. The second-order valence-electron chi connectivity index (χ2n) is 10.7. The van der Waals surface area contributed by atoms with E-state index in [0.29, 0.717) is 30.1 Å². The molecule has 7 nitrogen and oxygen atoms in total. The van der Waals surface area contributed by atoms with Gasteiger partial charge in [0.05, 0.1) is 0 Å². The van der Waals surface area contributed by atoms with Crippen LogP contribution in [0, 0.1) is 17.4 Å². The van der Waals surface area contributed by atoms with Crippen molar-refractivity contribution in [3.05, 3.63) is 59.9 Å². The highest BCUT2D eigenvalue weighted by atomic mass is 16.2. The van der Waals surface area contributed by atoms with Crippen molar-refractivity contribution < 1.29 is 9.59 Å². The highest BCUT2D eigenvalue weighted by molar-refractivity contribution is 6.04. The first-order valence-electron chi connectivity index (χ1n) is 13.3. The SMILES string of the molecule is C[C@@H]1C[C@H](C(=O)N(c2ccc(C3CC3)cc2)[C@@H](C(=O)NC2CCCCC2)c2cccnc2)N(C#N)C1. The Morgan fingerprint density at radius 1 is 1.11 bits per heavy atom. The van der Waals surface area contributed by atoms with E-state index >= 15 is 0 Å². The molecule has 0 unspecified atom stereocenters. The molecular formula is C29H35N5O2. The summed E-state index contributed by atoms with van der Waals surface area (Å²) in [7, 11) is 0. The van der Waals surface area contributed by atoms with E-state index in [9.17, 15) is 14.9 Å². The first-order chi connectivity index (χ1) is 17.5. The number of hydrogen-bond acceptors (Lipinski definition) is 5. The molecule has 2 aromatic rings. The Morgan fingerprint density at radius 2 is 1.86 bits per heavy atom. The molecule has 0 spiro atoms. The van der Waals surface area contributed by atoms with Crippen LogP contribution in [0.2, 0.25) is 0 Å². The van der Waals surface area contributed by atoms with Crippen LogP contribution in [0.1, 0.15) is 81.4 Å². The average molecular weight is 486 g/mol. The summed E-state index contributed by atoms with van der Waals surface area (Å²) in [5.74, 6) is 0.416. The molecule has 3 fully saturated rings. The van der Waals surface area contributed by atoms with Gasteiger partial charge in [0.15, 0.2) is 6.19 Å². The average Bonchev–Trinajstić information content (AvgIpc) is 3.69. The third-order valence-corrected chi connectivity index (χ3v) is 7.84. The maximum atomic E-state index is 14.2. The molecule has 2 aliphatic carbocycles. The van der Waals surface area contributed by atoms with Crippen molar-refractivity contribution in [1.82, 2.24) is 15.2 Å². The molecule has 1 N–H and O–H groups in total. The summed E-state index contributed by atoms with van der Waals surface area (Å²) < 4.78 is 0. The molecule has 2 amide bonds. The fourth-order valence-corrected chi connectivity index (χ4v) is 5.76. The molecule has 3 atom stereocenters. The Morgan fingerprint density at radius 3 is 2.50 bits per heavy atom. The van der Waals surface area contributed by atoms with Gasteiger partial charge in [-0.25, -0.2) is 0 Å². The summed E-state index contributed by atoms with van der Waals surface area (Å²) in [6.45, 7) is 2.61. The molecular weight excluding hydrogens is 450 g/mol. The van der Waals surface area contributed by atoms with E-state index < -0.39 is 12.1 Å². The molecule has 1 aromatic carbocycles. The minimum Gasteiger partial charge on any atom is -0.351 e. The second-order valence-corrected chi connectivity index (χ2v) is 10.7. The molecule has 2 saturated carbocycles. The van der Waals surface area contributed by atoms with E-state index in [1.807, 2.05) is 18.2 Å². The van der Waals surface area contributed by atoms with Crippen LogP contribution >= 0.6 is 0 Å². The van der Waals surface area contributed by atoms with E-state index in [2.05, 4.69) is 35.6 Å². The van der Waals surface area contributed by atoms with Crippen LogP contribution in [0.5, 0.6) is 0 Å². The van der Waals surface area contributed by atoms with E-state index in [-0.39, 0.29) is 23.8 Å². The highest BCUT2D eigenvalue weighted by Gasteiger charge is 2.42. The number of anilines is 1. The van der Waals surface area contributed by atoms with Gasteiger partial charge in [-0.2, -0.15) is 5.26 Å². The summed E-state index contributed by atoms with van der Waals surface area (Å²) in [6, 6.07) is 10.4. The summed E-state index contributed by atoms with van der Waals surface area (Å²) in [5.41, 5.74) is 2.61. The van der Waals surface area contributed by atoms with Crippen molar-refractivity contribution in [2.24, 2.45) is 5.92 Å². The van der Waals surface area contributed by atoms with Gasteiger partial charge >= 0.3 is 0 Å². The van der Waals surface area contributed by atoms with Gasteiger partial charge in [-0.1, -0.05) is 44.4 Å². The minimum absolute atomic E-state index is 0.113. The molecule has 7 heteroatoms. The van der Waals surface area contributed by atoms with Crippen LogP contribution in [0.15, 0.2) is 48.8 Å². The number of carbonyl (C=O) groups is 2. The lowest BCUT2D eigenvalue weighted by Crippen LogP contribution is -2.51.